The van der Waals surface area contributed by atoms with Crippen molar-refractivity contribution in [2.75, 3.05) is 11.5 Å². The van der Waals surface area contributed by atoms with E-state index in [1.165, 1.54) is 0 Å². The van der Waals surface area contributed by atoms with Crippen molar-refractivity contribution in [2.24, 2.45) is 0 Å². The first-order valence-corrected chi connectivity index (χ1v) is 5.44. The molecule has 8 nitrogen and oxygen atoms in total. The van der Waals surface area contributed by atoms with Crippen LogP contribution in [0.2, 0.25) is 0 Å². The van der Waals surface area contributed by atoms with Crippen molar-refractivity contribution in [1.82, 2.24) is 20.6 Å². The normalized spacial score (nSPS) is 10.0. The Hall–Kier alpha value is -2.81. The fraction of sp³-hybridized carbons (Fsp3) is 0. The van der Waals surface area contributed by atoms with Crippen LogP contribution < -0.4 is 21.7 Å². The van der Waals surface area contributed by atoms with Crippen molar-refractivity contribution >= 4 is 26.1 Å². The van der Waals surface area contributed by atoms with Crippen molar-refractivity contribution in [1.29, 1.82) is 0 Å². The molecule has 0 amide bonds. The van der Waals surface area contributed by atoms with Crippen LogP contribution in [-0.2, 0) is 0 Å². The maximum atomic E-state index is 9.75. The zero-order valence-electron chi connectivity index (χ0n) is 11.4. The van der Waals surface area contributed by atoms with E-state index in [4.69, 9.17) is 11.5 Å². The highest BCUT2D eigenvalue weighted by Crippen LogP contribution is 2.07. The summed E-state index contributed by atoms with van der Waals surface area (Å²) in [5, 5.41) is 18.7. The smallest absolute Gasteiger partial charge is 0.418 e. The van der Waals surface area contributed by atoms with Crippen LogP contribution in [0.1, 0.15) is 0 Å². The van der Waals surface area contributed by atoms with Gasteiger partial charge in [0.1, 0.15) is 22.8 Å². The number of aromatic nitrogens is 6. The van der Waals surface area contributed by atoms with Gasteiger partial charge in [-0.3, -0.25) is 0 Å². The number of nitrogens with one attached hydrogen (secondary N) is 2. The SMILES string of the molecule is F[B-](F)(F)F.F[B-](F)(F)F.Nc1cc[nH+]nn1.Nc1cc[nH+]nn1. The number of anilines is 2. The number of hydrogen-bond donors (Lipinski definition) is 2. The van der Waals surface area contributed by atoms with E-state index in [1.54, 1.807) is 24.5 Å². The van der Waals surface area contributed by atoms with E-state index in [0.29, 0.717) is 11.6 Å². The first-order valence-electron chi connectivity index (χ1n) is 5.44. The summed E-state index contributed by atoms with van der Waals surface area (Å²) in [6, 6.07) is 3.26. The predicted octanol–water partition coefficient (Wildman–Crippen LogP) is 0.346. The highest BCUT2D eigenvalue weighted by atomic mass is 19.5. The van der Waals surface area contributed by atoms with Gasteiger partial charge in [-0.1, -0.05) is 0 Å². The molecule has 0 unspecified atom stereocenters. The molecule has 0 spiro atoms. The number of H-pyrrole nitrogens is 2. The molecule has 0 radical (unpaired) electrons. The summed E-state index contributed by atoms with van der Waals surface area (Å²) in [5.41, 5.74) is 10.3. The van der Waals surface area contributed by atoms with Gasteiger partial charge in [-0.2, -0.15) is 10.2 Å². The topological polar surface area (TPSA) is 132 Å². The third kappa shape index (κ3) is 36.5. The highest BCUT2D eigenvalue weighted by molar-refractivity contribution is 6.50. The first-order chi connectivity index (χ1) is 10.8. The Morgan fingerprint density at radius 2 is 0.917 bits per heavy atom. The second kappa shape index (κ2) is 11.7. The lowest BCUT2D eigenvalue weighted by atomic mass is 10.3. The molecule has 2 aromatic rings. The van der Waals surface area contributed by atoms with E-state index in [0.717, 1.165) is 0 Å². The Kier molecular flexibility index (Phi) is 11.5. The van der Waals surface area contributed by atoms with Crippen LogP contribution in [0.3, 0.4) is 0 Å². The summed E-state index contributed by atoms with van der Waals surface area (Å²) < 4.78 is 78.0. The fourth-order valence-electron chi connectivity index (χ4n) is 0.552. The molecule has 24 heavy (non-hydrogen) atoms. The van der Waals surface area contributed by atoms with E-state index in [2.05, 4.69) is 30.8 Å². The molecule has 0 saturated carbocycles. The zero-order chi connectivity index (χ0) is 19.2. The average molecular weight is 368 g/mol. The van der Waals surface area contributed by atoms with Crippen molar-refractivity contribution in [3.63, 3.8) is 0 Å². The first kappa shape index (κ1) is 23.5. The van der Waals surface area contributed by atoms with Crippen LogP contribution in [0, 0.1) is 0 Å². The number of nitrogens with two attached hydrogens (primary N) is 2. The van der Waals surface area contributed by atoms with Crippen LogP contribution in [0.15, 0.2) is 24.5 Å². The molecule has 0 aliphatic rings. The van der Waals surface area contributed by atoms with Gasteiger partial charge in [-0.15, -0.1) is 0 Å². The highest BCUT2D eigenvalue weighted by Gasteiger charge is 2.21. The van der Waals surface area contributed by atoms with Crippen LogP contribution in [0.4, 0.5) is 46.2 Å². The quantitative estimate of drug-likeness (QED) is 0.510. The third-order valence-corrected chi connectivity index (χ3v) is 1.10. The molecule has 0 aliphatic carbocycles. The Balaban J connectivity index is 0. The van der Waals surface area contributed by atoms with Crippen molar-refractivity contribution < 1.29 is 44.7 Å². The zero-order valence-corrected chi connectivity index (χ0v) is 11.4. The maximum absolute atomic E-state index is 9.75. The monoisotopic (exact) mass is 368 g/mol. The molecule has 0 aliphatic heterocycles. The summed E-state index contributed by atoms with van der Waals surface area (Å²) in [6.07, 6.45) is 3.23. The summed E-state index contributed by atoms with van der Waals surface area (Å²) in [7, 11) is -12.0. The number of nitrogens with zero attached hydrogens (tertiary/aromatic N) is 4. The molecule has 2 rings (SSSR count). The molecule has 6 N–H and O–H groups in total. The van der Waals surface area contributed by atoms with Gasteiger partial charge in [0, 0.05) is 0 Å². The Bertz CT molecular complexity index is 464. The van der Waals surface area contributed by atoms with E-state index in [1.807, 2.05) is 0 Å². The molecule has 2 aromatic heterocycles. The fourth-order valence-corrected chi connectivity index (χ4v) is 0.552. The van der Waals surface area contributed by atoms with Gasteiger partial charge >= 0.3 is 14.5 Å². The van der Waals surface area contributed by atoms with Gasteiger partial charge in [-0.05, 0) is 0 Å². The molecule has 18 heteroatoms. The standard InChI is InChI=1S/2C3H4N4.2BF4/c2*4-3-1-2-5-7-6-3;2*2-1(3,4)5/h2*1-2H,(H2,4,5,6);;/q;;2*-1/p+2. The Labute approximate surface area is 128 Å². The second-order valence-electron chi connectivity index (χ2n) is 3.16. The van der Waals surface area contributed by atoms with Gasteiger partial charge in [0.05, 0.1) is 22.3 Å². The molecule has 0 fully saturated rings. The van der Waals surface area contributed by atoms with E-state index >= 15 is 0 Å². The largest absolute Gasteiger partial charge is 0.673 e. The minimum atomic E-state index is -6.00. The summed E-state index contributed by atoms with van der Waals surface area (Å²) in [4.78, 5) is 0. The number of nitrogen functional groups attached to an aromatic ring is 2. The Morgan fingerprint density at radius 3 is 1.00 bits per heavy atom. The molecular weight excluding hydrogens is 358 g/mol. The van der Waals surface area contributed by atoms with Gasteiger partial charge in [-0.25, -0.2) is 0 Å². The van der Waals surface area contributed by atoms with Crippen molar-refractivity contribution in [2.45, 2.75) is 0 Å². The molecule has 0 atom stereocenters. The summed E-state index contributed by atoms with van der Waals surface area (Å²) in [5.74, 6) is 0.859. The lowest BCUT2D eigenvalue weighted by molar-refractivity contribution is -0.463. The van der Waals surface area contributed by atoms with E-state index in [9.17, 15) is 34.5 Å². The van der Waals surface area contributed by atoms with Gasteiger partial charge < -0.3 is 46.0 Å². The van der Waals surface area contributed by atoms with Crippen LogP contribution in [-0.4, -0.2) is 35.1 Å². The van der Waals surface area contributed by atoms with Gasteiger partial charge in [0.15, 0.2) is 0 Å². The lowest BCUT2D eigenvalue weighted by Gasteiger charge is -1.94. The number of hydrogen-bond acceptors (Lipinski definition) is 6. The maximum Gasteiger partial charge on any atom is 0.673 e. The molecule has 0 aromatic carbocycles. The summed E-state index contributed by atoms with van der Waals surface area (Å²) >= 11 is 0. The minimum absolute atomic E-state index is 0.429. The molecule has 0 saturated heterocycles. The second-order valence-corrected chi connectivity index (χ2v) is 3.16. The van der Waals surface area contributed by atoms with Gasteiger partial charge in [0.25, 0.3) is 11.6 Å². The molecular formula is C6H10B2F8N8. The summed E-state index contributed by atoms with van der Waals surface area (Å²) in [6.45, 7) is 0. The van der Waals surface area contributed by atoms with E-state index < -0.39 is 14.5 Å². The minimum Gasteiger partial charge on any atom is -0.418 e. The van der Waals surface area contributed by atoms with Gasteiger partial charge in [0.2, 0.25) is 0 Å². The average Bonchev–Trinajstić information content (AvgIpc) is 2.37. The van der Waals surface area contributed by atoms with Crippen LogP contribution in [0.5, 0.6) is 0 Å². The third-order valence-electron chi connectivity index (χ3n) is 1.10. The number of aromatic amines is 2. The van der Waals surface area contributed by atoms with Crippen LogP contribution in [0.25, 0.3) is 0 Å². The number of rotatable bonds is 0. The van der Waals surface area contributed by atoms with Crippen LogP contribution >= 0.6 is 0 Å². The van der Waals surface area contributed by atoms with Crippen molar-refractivity contribution in [3.05, 3.63) is 24.5 Å². The van der Waals surface area contributed by atoms with Crippen molar-refractivity contribution in [3.8, 4) is 0 Å². The van der Waals surface area contributed by atoms with E-state index in [-0.39, 0.29) is 0 Å². The molecule has 136 valence electrons. The Morgan fingerprint density at radius 1 is 0.667 bits per heavy atom. The molecule has 2 heterocycles. The molecule has 0 bridgehead atoms. The number of halogens is 8. The predicted molar refractivity (Wildman–Crippen MR) is 66.4 cm³/mol. The lowest BCUT2D eigenvalue weighted by Crippen LogP contribution is -2.09.